The van der Waals surface area contributed by atoms with Gasteiger partial charge in [-0.3, -0.25) is 0 Å². The third kappa shape index (κ3) is 1.96. The molecule has 0 aromatic carbocycles. The molecular formula is C15H26O2. The molecule has 2 nitrogen and oxygen atoms in total. The van der Waals surface area contributed by atoms with Crippen LogP contribution in [0.5, 0.6) is 0 Å². The summed E-state index contributed by atoms with van der Waals surface area (Å²) in [5, 5.41) is 19.7. The lowest BCUT2D eigenvalue weighted by atomic mass is 9.63. The van der Waals surface area contributed by atoms with E-state index in [1.54, 1.807) is 0 Å². The Morgan fingerprint density at radius 1 is 1.29 bits per heavy atom. The predicted octanol–water partition coefficient (Wildman–Crippen LogP) is 2.89. The van der Waals surface area contributed by atoms with Crippen molar-refractivity contribution in [3.63, 3.8) is 0 Å². The minimum Gasteiger partial charge on any atom is -0.392 e. The second kappa shape index (κ2) is 4.40. The van der Waals surface area contributed by atoms with Crippen LogP contribution in [0.4, 0.5) is 0 Å². The van der Waals surface area contributed by atoms with E-state index in [0.29, 0.717) is 11.8 Å². The van der Waals surface area contributed by atoms with Crippen molar-refractivity contribution in [3.8, 4) is 0 Å². The van der Waals surface area contributed by atoms with Crippen LogP contribution < -0.4 is 0 Å². The zero-order chi connectivity index (χ0) is 12.7. The molecule has 2 N–H and O–H groups in total. The summed E-state index contributed by atoms with van der Waals surface area (Å²) in [7, 11) is 0. The van der Waals surface area contributed by atoms with Crippen molar-refractivity contribution in [2.24, 2.45) is 17.3 Å². The monoisotopic (exact) mass is 238 g/mol. The summed E-state index contributed by atoms with van der Waals surface area (Å²) < 4.78 is 0. The summed E-state index contributed by atoms with van der Waals surface area (Å²) >= 11 is 0. The van der Waals surface area contributed by atoms with Crippen LogP contribution in [0.25, 0.3) is 0 Å². The summed E-state index contributed by atoms with van der Waals surface area (Å²) in [5.41, 5.74) is 0.621. The van der Waals surface area contributed by atoms with E-state index in [9.17, 15) is 5.11 Å². The summed E-state index contributed by atoms with van der Waals surface area (Å²) in [6, 6.07) is 0. The van der Waals surface area contributed by atoms with Crippen molar-refractivity contribution in [2.75, 3.05) is 6.61 Å². The van der Waals surface area contributed by atoms with E-state index in [0.717, 1.165) is 18.4 Å². The highest BCUT2D eigenvalue weighted by Gasteiger charge is 2.61. The normalized spacial score (nSPS) is 45.6. The van der Waals surface area contributed by atoms with E-state index >= 15 is 0 Å². The van der Waals surface area contributed by atoms with Crippen LogP contribution in [-0.4, -0.2) is 22.4 Å². The first-order valence-electron chi connectivity index (χ1n) is 6.90. The maximum atomic E-state index is 10.8. The number of rotatable bonds is 4. The molecule has 2 rings (SSSR count). The quantitative estimate of drug-likeness (QED) is 0.739. The van der Waals surface area contributed by atoms with Gasteiger partial charge in [-0.25, -0.2) is 0 Å². The van der Waals surface area contributed by atoms with Crippen molar-refractivity contribution >= 4 is 0 Å². The van der Waals surface area contributed by atoms with E-state index in [1.807, 2.05) is 13.8 Å². The second-order valence-electron chi connectivity index (χ2n) is 6.52. The zero-order valence-electron chi connectivity index (χ0n) is 11.4. The van der Waals surface area contributed by atoms with Gasteiger partial charge in [-0.05, 0) is 63.2 Å². The standard InChI is InChI=1S/C15H26O2/c1-11(10-16)5-4-8-14(2)12-6-7-13(9-12)15(14,3)17/h5,12-13,16-17H,4,6-10H2,1-3H3/b11-5-/t12-,13+,14+,15-/m1/s1. The predicted molar refractivity (Wildman–Crippen MR) is 69.6 cm³/mol. The van der Waals surface area contributed by atoms with Crippen LogP contribution in [0, 0.1) is 17.3 Å². The Morgan fingerprint density at radius 3 is 2.47 bits per heavy atom. The van der Waals surface area contributed by atoms with Gasteiger partial charge >= 0.3 is 0 Å². The van der Waals surface area contributed by atoms with Crippen LogP contribution in [-0.2, 0) is 0 Å². The molecule has 2 saturated carbocycles. The number of hydrogen-bond donors (Lipinski definition) is 2. The molecule has 0 aromatic rings. The van der Waals surface area contributed by atoms with Crippen molar-refractivity contribution < 1.29 is 10.2 Å². The lowest BCUT2D eigenvalue weighted by Gasteiger charge is -2.46. The molecule has 0 spiro atoms. The van der Waals surface area contributed by atoms with E-state index in [4.69, 9.17) is 5.11 Å². The molecule has 2 heteroatoms. The average Bonchev–Trinajstić information content (AvgIpc) is 2.82. The van der Waals surface area contributed by atoms with Gasteiger partial charge in [0, 0.05) is 0 Å². The maximum Gasteiger partial charge on any atom is 0.0703 e. The average molecular weight is 238 g/mol. The third-order valence-electron chi connectivity index (χ3n) is 5.69. The third-order valence-corrected chi connectivity index (χ3v) is 5.69. The van der Waals surface area contributed by atoms with Crippen molar-refractivity contribution in [1.82, 2.24) is 0 Å². The summed E-state index contributed by atoms with van der Waals surface area (Å²) in [5.74, 6) is 1.21. The smallest absolute Gasteiger partial charge is 0.0703 e. The van der Waals surface area contributed by atoms with E-state index in [2.05, 4.69) is 13.0 Å². The van der Waals surface area contributed by atoms with Gasteiger partial charge in [-0.15, -0.1) is 0 Å². The highest BCUT2D eigenvalue weighted by Crippen LogP contribution is 2.63. The lowest BCUT2D eigenvalue weighted by molar-refractivity contribution is -0.104. The Labute approximate surface area is 105 Å². The van der Waals surface area contributed by atoms with Crippen LogP contribution in [0.15, 0.2) is 11.6 Å². The number of fused-ring (bicyclic) bond motifs is 2. The SMILES string of the molecule is C/C(=C/CC[C@@]1(C)[C@@H]2CC[C@@H](C2)[C@@]1(C)O)CO. The minimum atomic E-state index is -0.489. The first-order chi connectivity index (χ1) is 7.91. The molecule has 0 aromatic heterocycles. The summed E-state index contributed by atoms with van der Waals surface area (Å²) in [6.07, 6.45) is 7.85. The maximum absolute atomic E-state index is 10.8. The molecule has 2 aliphatic carbocycles. The Balaban J connectivity index is 2.04. The second-order valence-corrected chi connectivity index (χ2v) is 6.52. The van der Waals surface area contributed by atoms with E-state index < -0.39 is 5.60 Å². The van der Waals surface area contributed by atoms with Crippen molar-refractivity contribution in [1.29, 1.82) is 0 Å². The molecule has 0 saturated heterocycles. The molecule has 0 unspecified atom stereocenters. The Hall–Kier alpha value is -0.340. The zero-order valence-corrected chi connectivity index (χ0v) is 11.4. The van der Waals surface area contributed by atoms with Gasteiger partial charge in [0.2, 0.25) is 0 Å². The molecule has 0 heterocycles. The fourth-order valence-electron chi connectivity index (χ4n) is 4.09. The van der Waals surface area contributed by atoms with Crippen LogP contribution in [0.3, 0.4) is 0 Å². The first-order valence-corrected chi connectivity index (χ1v) is 6.90. The first kappa shape index (κ1) is 13.1. The van der Waals surface area contributed by atoms with Gasteiger partial charge in [0.05, 0.1) is 12.2 Å². The van der Waals surface area contributed by atoms with Gasteiger partial charge in [-0.1, -0.05) is 18.6 Å². The molecule has 2 aliphatic rings. The summed E-state index contributed by atoms with van der Waals surface area (Å²) in [6.45, 7) is 6.42. The molecule has 98 valence electrons. The number of aliphatic hydroxyl groups excluding tert-OH is 1. The molecular weight excluding hydrogens is 212 g/mol. The van der Waals surface area contributed by atoms with Crippen molar-refractivity contribution in [2.45, 2.75) is 58.5 Å². The van der Waals surface area contributed by atoms with Crippen LogP contribution >= 0.6 is 0 Å². The molecule has 0 radical (unpaired) electrons. The fraction of sp³-hybridized carbons (Fsp3) is 0.867. The van der Waals surface area contributed by atoms with Gasteiger partial charge in [0.25, 0.3) is 0 Å². The Kier molecular flexibility index (Phi) is 3.39. The summed E-state index contributed by atoms with van der Waals surface area (Å²) in [4.78, 5) is 0. The minimum absolute atomic E-state index is 0.0716. The topological polar surface area (TPSA) is 40.5 Å². The molecule has 2 fully saturated rings. The van der Waals surface area contributed by atoms with Crippen LogP contribution in [0.2, 0.25) is 0 Å². The highest BCUT2D eigenvalue weighted by molar-refractivity contribution is 5.12. The van der Waals surface area contributed by atoms with E-state index in [1.165, 1.54) is 19.3 Å². The lowest BCUT2D eigenvalue weighted by Crippen LogP contribution is -2.48. The van der Waals surface area contributed by atoms with Gasteiger partial charge in [0.1, 0.15) is 0 Å². The van der Waals surface area contributed by atoms with Gasteiger partial charge in [-0.2, -0.15) is 0 Å². The molecule has 0 aliphatic heterocycles. The van der Waals surface area contributed by atoms with Crippen LogP contribution in [0.1, 0.15) is 52.9 Å². The van der Waals surface area contributed by atoms with E-state index in [-0.39, 0.29) is 12.0 Å². The van der Waals surface area contributed by atoms with Crippen molar-refractivity contribution in [3.05, 3.63) is 11.6 Å². The number of aliphatic hydroxyl groups is 2. The number of hydrogen-bond acceptors (Lipinski definition) is 2. The molecule has 17 heavy (non-hydrogen) atoms. The largest absolute Gasteiger partial charge is 0.392 e. The van der Waals surface area contributed by atoms with Gasteiger partial charge in [0.15, 0.2) is 0 Å². The Bertz CT molecular complexity index is 319. The fourth-order valence-corrected chi connectivity index (χ4v) is 4.09. The Morgan fingerprint density at radius 2 is 1.94 bits per heavy atom. The molecule has 0 amide bonds. The van der Waals surface area contributed by atoms with Gasteiger partial charge < -0.3 is 10.2 Å². The molecule has 2 bridgehead atoms. The molecule has 4 atom stereocenters. The number of allylic oxidation sites excluding steroid dienone is 1. The highest BCUT2D eigenvalue weighted by atomic mass is 16.3.